The number of unbranched alkanes of at least 4 members (excludes halogenated alkanes) is 2. The first-order valence-electron chi connectivity index (χ1n) is 26.1. The quantitative estimate of drug-likeness (QED) is 0.0317. The lowest BCUT2D eigenvalue weighted by molar-refractivity contribution is -0.186. The Morgan fingerprint density at radius 1 is 0.957 bits per heavy atom. The molecule has 70 heavy (non-hydrogen) atoms. The molecule has 2 fully saturated rings. The van der Waals surface area contributed by atoms with Crippen LogP contribution < -0.4 is 10.6 Å². The molecule has 2 heterocycles. The van der Waals surface area contributed by atoms with Crippen molar-refractivity contribution in [3.05, 3.63) is 35.9 Å². The molecular weight excluding hydrogens is 897 g/mol. The van der Waals surface area contributed by atoms with Gasteiger partial charge >= 0.3 is 0 Å². The summed E-state index contributed by atoms with van der Waals surface area (Å²) in [6, 6.07) is 6.32. The first kappa shape index (κ1) is 61.2. The smallest absolute Gasteiger partial charge is 0.245 e. The zero-order valence-corrected chi connectivity index (χ0v) is 44.9. The van der Waals surface area contributed by atoms with Gasteiger partial charge in [0.1, 0.15) is 37.2 Å². The summed E-state index contributed by atoms with van der Waals surface area (Å²) in [5.74, 6) is -2.62. The number of hydrogen-bond acceptors (Lipinski definition) is 14. The molecule has 0 aromatic heterocycles. The van der Waals surface area contributed by atoms with Crippen LogP contribution in [0.15, 0.2) is 30.3 Å². The third kappa shape index (κ3) is 17.5. The van der Waals surface area contributed by atoms with Gasteiger partial charge in [-0.2, -0.15) is 0 Å². The van der Waals surface area contributed by atoms with Crippen LogP contribution >= 0.6 is 0 Å². The van der Waals surface area contributed by atoms with E-state index in [-0.39, 0.29) is 41.9 Å². The number of aldehydes is 1. The molecule has 0 saturated carbocycles. The van der Waals surface area contributed by atoms with Crippen LogP contribution in [0.1, 0.15) is 139 Å². The van der Waals surface area contributed by atoms with Gasteiger partial charge in [0.2, 0.25) is 17.7 Å². The molecule has 3 rings (SSSR count). The summed E-state index contributed by atoms with van der Waals surface area (Å²) in [6.07, 6.45) is 0.827. The van der Waals surface area contributed by atoms with Crippen LogP contribution in [0.25, 0.3) is 0 Å². The highest BCUT2D eigenvalue weighted by Gasteiger charge is 2.44. The van der Waals surface area contributed by atoms with Crippen molar-refractivity contribution in [1.82, 2.24) is 30.2 Å². The summed E-state index contributed by atoms with van der Waals surface area (Å²) >= 11 is 0. The number of benzene rings is 1. The molecule has 17 heteroatoms. The molecule has 2 saturated heterocycles. The van der Waals surface area contributed by atoms with Crippen LogP contribution in [0.2, 0.25) is 0 Å². The lowest BCUT2D eigenvalue weighted by Crippen LogP contribution is -2.60. The first-order chi connectivity index (χ1) is 32.9. The number of likely N-dealkylation sites (N-methyl/N-ethyl adjacent to an activating group) is 2. The second-order valence-electron chi connectivity index (χ2n) is 21.9. The van der Waals surface area contributed by atoms with Crippen LogP contribution in [-0.2, 0) is 35.1 Å². The maximum Gasteiger partial charge on any atom is 0.245 e. The maximum absolute atomic E-state index is 14.7. The second-order valence-corrected chi connectivity index (χ2v) is 21.9. The van der Waals surface area contributed by atoms with Gasteiger partial charge in [-0.15, -0.1) is 0 Å². The minimum Gasteiger partial charge on any atom is -0.379 e. The van der Waals surface area contributed by atoms with Crippen molar-refractivity contribution in [3.63, 3.8) is 0 Å². The van der Waals surface area contributed by atoms with E-state index in [0.29, 0.717) is 64.5 Å². The third-order valence-corrected chi connectivity index (χ3v) is 14.8. The van der Waals surface area contributed by atoms with Crippen LogP contribution in [0, 0.1) is 29.6 Å². The Hall–Kier alpha value is -3.10. The summed E-state index contributed by atoms with van der Waals surface area (Å²) < 4.78 is 12.1. The summed E-state index contributed by atoms with van der Waals surface area (Å²) in [4.78, 5) is 60.6. The zero-order chi connectivity index (χ0) is 52.6. The largest absolute Gasteiger partial charge is 0.379 e. The molecule has 2 aliphatic heterocycles. The number of aliphatic hydroxyl groups is 5. The number of methoxy groups -OCH3 is 1. The number of hydrogen-bond donors (Lipinski definition) is 7. The van der Waals surface area contributed by atoms with E-state index in [9.17, 15) is 44.7 Å². The minimum atomic E-state index is -1.26. The van der Waals surface area contributed by atoms with Gasteiger partial charge < -0.3 is 54.9 Å². The van der Waals surface area contributed by atoms with Crippen LogP contribution in [0.4, 0.5) is 0 Å². The van der Waals surface area contributed by atoms with Crippen molar-refractivity contribution in [2.24, 2.45) is 29.6 Å². The predicted molar refractivity (Wildman–Crippen MR) is 270 cm³/mol. The molecule has 0 spiro atoms. The second kappa shape index (κ2) is 29.0. The van der Waals surface area contributed by atoms with Gasteiger partial charge in [0.25, 0.3) is 0 Å². The number of nitrogens with one attached hydrogen (secondary N) is 2. The van der Waals surface area contributed by atoms with Crippen LogP contribution in [0.5, 0.6) is 0 Å². The van der Waals surface area contributed by atoms with Gasteiger partial charge in [0.15, 0.2) is 6.29 Å². The number of likely N-dealkylation sites (tertiary alicyclic amines) is 2. The van der Waals surface area contributed by atoms with E-state index in [4.69, 9.17) is 9.47 Å². The average Bonchev–Trinajstić information content (AvgIpc) is 3.92. The standard InChI is InChI=1S/C53H94N6O11/c1-14-35(6)48(57(12)51(67)46(33(2)3)55-50(66)47(34(4)5)56(11)42(61)25-19-16-20-28-59-43(62)26-27-44(59)63)41(69-13)31-45(64)58-29-21-24-40(58)38(32-60)36(7)49(65)54-39(52(68)70-53(8,9)10)30-37-22-17-15-18-23-37/h15,17-18,22-23,32-36,38-43,45-49,52,54,61-62,64-65,68H,14,16,19-21,24-31H2,1-13H3,(H,55,66)/t35-,36?,38?,39?,40?,41?,42?,43?,45?,46-,47-,48?,49?,52?/m0/s1. The topological polar surface area (TPSA) is 225 Å². The van der Waals surface area contributed by atoms with Gasteiger partial charge in [-0.05, 0) is 89.7 Å². The third-order valence-electron chi connectivity index (χ3n) is 14.8. The van der Waals surface area contributed by atoms with Crippen molar-refractivity contribution >= 4 is 24.0 Å². The van der Waals surface area contributed by atoms with Crippen molar-refractivity contribution in [1.29, 1.82) is 0 Å². The van der Waals surface area contributed by atoms with Crippen molar-refractivity contribution < 1.29 is 54.2 Å². The fraction of sp³-hybridized carbons (Fsp3) is 0.811. The van der Waals surface area contributed by atoms with Gasteiger partial charge in [-0.3, -0.25) is 29.5 Å². The summed E-state index contributed by atoms with van der Waals surface area (Å²) in [6.45, 7) is 19.9. The Morgan fingerprint density at radius 3 is 2.16 bits per heavy atom. The van der Waals surface area contributed by atoms with E-state index >= 15 is 0 Å². The molecule has 402 valence electrons. The molecular formula is C53H94N6O11. The average molecular weight is 991 g/mol. The number of amides is 3. The number of carbonyl (C=O) groups is 4. The molecule has 11 unspecified atom stereocenters. The van der Waals surface area contributed by atoms with Crippen LogP contribution in [0.3, 0.4) is 0 Å². The van der Waals surface area contributed by atoms with E-state index in [0.717, 1.165) is 24.7 Å². The molecule has 0 aliphatic carbocycles. The van der Waals surface area contributed by atoms with E-state index in [1.165, 1.54) is 4.90 Å². The molecule has 3 amide bonds. The highest BCUT2D eigenvalue weighted by Crippen LogP contribution is 2.33. The zero-order valence-electron chi connectivity index (χ0n) is 44.9. The van der Waals surface area contributed by atoms with Gasteiger partial charge in [0, 0.05) is 64.4 Å². The van der Waals surface area contributed by atoms with Gasteiger partial charge in [0.05, 0.1) is 29.8 Å². The molecule has 17 nitrogen and oxygen atoms in total. The maximum atomic E-state index is 14.7. The Bertz CT molecular complexity index is 1720. The predicted octanol–water partition coefficient (Wildman–Crippen LogP) is 4.07. The molecule has 14 atom stereocenters. The molecule has 1 aromatic rings. The molecule has 0 radical (unpaired) electrons. The number of rotatable bonds is 31. The SMILES string of the molecule is CC[C@H](C)C(C(CC(O)N1CCCC1C(C=O)C(C)C(O)NC(Cc1ccccc1)C(O)OC(C)(C)C)OC)N(C)C(=O)[C@@H](NC(=O)[C@H](C(C)C)N(C)C(O)CCCCCN1C(=O)CCC1O)C(C)C. The molecule has 2 aliphatic rings. The lowest BCUT2D eigenvalue weighted by atomic mass is 9.84. The van der Waals surface area contributed by atoms with Gasteiger partial charge in [-0.25, -0.2) is 0 Å². The van der Waals surface area contributed by atoms with E-state index in [1.54, 1.807) is 37.9 Å². The van der Waals surface area contributed by atoms with E-state index < -0.39 is 85.0 Å². The van der Waals surface area contributed by atoms with Crippen LogP contribution in [-0.4, -0.2) is 177 Å². The molecule has 1 aromatic carbocycles. The number of carbonyl (C=O) groups excluding carboxylic acids is 4. The fourth-order valence-corrected chi connectivity index (χ4v) is 10.5. The Morgan fingerprint density at radius 2 is 1.61 bits per heavy atom. The highest BCUT2D eigenvalue weighted by atomic mass is 16.6. The number of aliphatic hydroxyl groups excluding tert-OH is 5. The molecule has 7 N–H and O–H groups in total. The Balaban J connectivity index is 1.73. The highest BCUT2D eigenvalue weighted by molar-refractivity contribution is 5.90. The number of nitrogens with zero attached hydrogens (tertiary/aromatic N) is 4. The van der Waals surface area contributed by atoms with E-state index in [2.05, 4.69) is 10.6 Å². The van der Waals surface area contributed by atoms with E-state index in [1.807, 2.05) is 97.5 Å². The normalized spacial score (nSPS) is 22.3. The van der Waals surface area contributed by atoms with Crippen molar-refractivity contribution in [3.8, 4) is 0 Å². The van der Waals surface area contributed by atoms with Crippen molar-refractivity contribution in [2.45, 2.75) is 213 Å². The minimum absolute atomic E-state index is 0.0417. The summed E-state index contributed by atoms with van der Waals surface area (Å²) in [7, 11) is 4.98. The fourth-order valence-electron chi connectivity index (χ4n) is 10.5. The lowest BCUT2D eigenvalue weighted by Gasteiger charge is -2.43. The Kier molecular flexibility index (Phi) is 25.3. The summed E-state index contributed by atoms with van der Waals surface area (Å²) in [5, 5.41) is 62.4. The van der Waals surface area contributed by atoms with Gasteiger partial charge in [-0.1, -0.05) is 91.6 Å². The molecule has 0 bridgehead atoms. The van der Waals surface area contributed by atoms with Crippen molar-refractivity contribution in [2.75, 3.05) is 34.3 Å². The summed E-state index contributed by atoms with van der Waals surface area (Å²) in [5.41, 5.74) is 0.276. The Labute approximate surface area is 420 Å². The number of ether oxygens (including phenoxy) is 2. The monoisotopic (exact) mass is 991 g/mol. The first-order valence-corrected chi connectivity index (χ1v) is 26.1.